The molecule has 0 atom stereocenters. The Kier molecular flexibility index (Phi) is 7.06. The Labute approximate surface area is 180 Å². The van der Waals surface area contributed by atoms with Gasteiger partial charge in [0.2, 0.25) is 5.91 Å². The number of nitrogens with zero attached hydrogens (tertiary/aromatic N) is 3. The summed E-state index contributed by atoms with van der Waals surface area (Å²) in [5.74, 6) is 1.33. The summed E-state index contributed by atoms with van der Waals surface area (Å²) in [5.41, 5.74) is 3.04. The Morgan fingerprint density at radius 2 is 1.93 bits per heavy atom. The summed E-state index contributed by atoms with van der Waals surface area (Å²) >= 11 is 7.25. The lowest BCUT2D eigenvalue weighted by Crippen LogP contribution is -2.20. The minimum absolute atomic E-state index is 0.0690. The number of carbonyl (C=O) groups is 1. The molecule has 1 aromatic heterocycles. The van der Waals surface area contributed by atoms with Gasteiger partial charge in [-0.3, -0.25) is 9.36 Å². The van der Waals surface area contributed by atoms with E-state index >= 15 is 0 Å². The number of hydrogen-bond acceptors (Lipinski definition) is 4. The van der Waals surface area contributed by atoms with Crippen molar-refractivity contribution in [2.45, 2.75) is 37.6 Å². The van der Waals surface area contributed by atoms with Gasteiger partial charge in [-0.15, -0.1) is 18.3 Å². The second kappa shape index (κ2) is 9.71. The second-order valence-corrected chi connectivity index (χ2v) is 8.13. The van der Waals surface area contributed by atoms with Gasteiger partial charge in [0, 0.05) is 17.1 Å². The molecule has 3 rings (SSSR count). The van der Waals surface area contributed by atoms with Crippen molar-refractivity contribution in [1.29, 1.82) is 0 Å². The van der Waals surface area contributed by atoms with Gasteiger partial charge in [0.05, 0.1) is 5.75 Å². The highest BCUT2D eigenvalue weighted by Crippen LogP contribution is 2.23. The molecule has 150 valence electrons. The van der Waals surface area contributed by atoms with Gasteiger partial charge in [-0.05, 0) is 49.8 Å². The third-order valence-electron chi connectivity index (χ3n) is 4.41. The quantitative estimate of drug-likeness (QED) is 0.309. The van der Waals surface area contributed by atoms with Crippen LogP contribution in [0.3, 0.4) is 0 Å². The van der Waals surface area contributed by atoms with Gasteiger partial charge >= 0.3 is 0 Å². The Hall–Kier alpha value is -2.64. The largest absolute Gasteiger partial charge is 0.324 e. The highest BCUT2D eigenvalue weighted by molar-refractivity contribution is 7.98. The number of hydrogen-bond donors (Lipinski definition) is 1. The van der Waals surface area contributed by atoms with E-state index in [1.807, 2.05) is 35.8 Å². The lowest BCUT2D eigenvalue weighted by Gasteiger charge is -2.07. The van der Waals surface area contributed by atoms with Crippen LogP contribution in [0.4, 0.5) is 5.69 Å². The summed E-state index contributed by atoms with van der Waals surface area (Å²) in [5, 5.41) is 7.54. The van der Waals surface area contributed by atoms with E-state index in [1.165, 1.54) is 10.5 Å². The molecule has 1 N–H and O–H groups in total. The van der Waals surface area contributed by atoms with E-state index in [2.05, 4.69) is 48.2 Å². The first-order chi connectivity index (χ1) is 14.0. The van der Waals surface area contributed by atoms with E-state index in [9.17, 15) is 4.79 Å². The number of aromatic nitrogens is 3. The van der Waals surface area contributed by atoms with E-state index < -0.39 is 0 Å². The normalized spacial score (nSPS) is 10.7. The van der Waals surface area contributed by atoms with Crippen molar-refractivity contribution in [1.82, 2.24) is 14.3 Å². The van der Waals surface area contributed by atoms with Crippen molar-refractivity contribution in [3.8, 4) is 0 Å². The monoisotopic (exact) mass is 424 g/mol. The topological polar surface area (TPSA) is 51.9 Å². The molecule has 5 nitrogen and oxygen atoms in total. The molecule has 0 saturated carbocycles. The minimum atomic E-state index is -0.156. The third-order valence-corrected chi connectivity index (χ3v) is 5.85. The number of amides is 1. The SMILES string of the molecule is C=CCn1c(CSc2ccc(C)cc2)nn(CC(=O)Nc2ccccc2C)c1=S. The zero-order valence-corrected chi connectivity index (χ0v) is 18.2. The van der Waals surface area contributed by atoms with E-state index in [4.69, 9.17) is 12.2 Å². The number of benzene rings is 2. The van der Waals surface area contributed by atoms with Gasteiger partial charge in [-0.1, -0.05) is 42.0 Å². The number of anilines is 1. The van der Waals surface area contributed by atoms with Gasteiger partial charge in [0.25, 0.3) is 0 Å². The Morgan fingerprint density at radius 3 is 2.62 bits per heavy atom. The van der Waals surface area contributed by atoms with E-state index in [1.54, 1.807) is 22.5 Å². The summed E-state index contributed by atoms with van der Waals surface area (Å²) in [6.45, 7) is 8.47. The summed E-state index contributed by atoms with van der Waals surface area (Å²) in [4.78, 5) is 13.7. The molecule has 0 unspecified atom stereocenters. The predicted octanol–water partition coefficient (Wildman–Crippen LogP) is 5.15. The highest BCUT2D eigenvalue weighted by atomic mass is 32.2. The Bertz CT molecular complexity index is 1070. The third kappa shape index (κ3) is 5.46. The number of thioether (sulfide) groups is 1. The van der Waals surface area contributed by atoms with Gasteiger partial charge in [-0.25, -0.2) is 4.68 Å². The molecule has 1 heterocycles. The van der Waals surface area contributed by atoms with Crippen LogP contribution in [0.15, 0.2) is 66.1 Å². The van der Waals surface area contributed by atoms with E-state index in [-0.39, 0.29) is 12.5 Å². The minimum Gasteiger partial charge on any atom is -0.324 e. The first-order valence-electron chi connectivity index (χ1n) is 9.30. The van der Waals surface area contributed by atoms with Crippen LogP contribution in [0.1, 0.15) is 17.0 Å². The van der Waals surface area contributed by atoms with Crippen LogP contribution in [0.2, 0.25) is 0 Å². The maximum Gasteiger partial charge on any atom is 0.246 e. The molecule has 29 heavy (non-hydrogen) atoms. The maximum atomic E-state index is 12.5. The van der Waals surface area contributed by atoms with Gasteiger partial charge in [0.15, 0.2) is 4.77 Å². The zero-order valence-electron chi connectivity index (χ0n) is 16.6. The predicted molar refractivity (Wildman–Crippen MR) is 122 cm³/mol. The first kappa shape index (κ1) is 21.1. The molecule has 1 amide bonds. The number of carbonyl (C=O) groups excluding carboxylic acids is 1. The fourth-order valence-corrected chi connectivity index (χ4v) is 3.95. The fraction of sp³-hybridized carbons (Fsp3) is 0.227. The van der Waals surface area contributed by atoms with Crippen molar-refractivity contribution in [2.24, 2.45) is 0 Å². The van der Waals surface area contributed by atoms with Crippen LogP contribution >= 0.6 is 24.0 Å². The van der Waals surface area contributed by atoms with Crippen molar-refractivity contribution >= 4 is 35.6 Å². The standard InChI is InChI=1S/C22H24N4OS2/c1-4-13-25-20(15-29-18-11-9-16(2)10-12-18)24-26(22(25)28)14-21(27)23-19-8-6-5-7-17(19)3/h4-12H,1,13-15H2,2-3H3,(H,23,27). The number of para-hydroxylation sites is 1. The highest BCUT2D eigenvalue weighted by Gasteiger charge is 2.13. The molecule has 0 aliphatic carbocycles. The van der Waals surface area contributed by atoms with Gasteiger partial charge in [-0.2, -0.15) is 5.10 Å². The number of rotatable bonds is 8. The Morgan fingerprint density at radius 1 is 1.21 bits per heavy atom. The van der Waals surface area contributed by atoms with Crippen molar-refractivity contribution in [2.75, 3.05) is 5.32 Å². The van der Waals surface area contributed by atoms with Crippen LogP contribution in [-0.2, 0) is 23.6 Å². The maximum absolute atomic E-state index is 12.5. The second-order valence-electron chi connectivity index (χ2n) is 6.72. The average Bonchev–Trinajstić information content (AvgIpc) is 2.98. The molecule has 7 heteroatoms. The molecule has 0 fully saturated rings. The summed E-state index contributed by atoms with van der Waals surface area (Å²) in [7, 11) is 0. The molecular formula is C22H24N4OS2. The van der Waals surface area contributed by atoms with Crippen molar-refractivity contribution in [3.05, 3.63) is 82.9 Å². The summed E-state index contributed by atoms with van der Waals surface area (Å²) < 4.78 is 4.02. The van der Waals surface area contributed by atoms with Crippen LogP contribution in [0, 0.1) is 18.6 Å². The molecule has 3 aromatic rings. The Balaban J connectivity index is 1.75. The lowest BCUT2D eigenvalue weighted by molar-refractivity contribution is -0.116. The van der Waals surface area contributed by atoms with Gasteiger partial charge < -0.3 is 5.32 Å². The van der Waals surface area contributed by atoms with Crippen LogP contribution in [0.5, 0.6) is 0 Å². The number of allylic oxidation sites excluding steroid dienone is 1. The van der Waals surface area contributed by atoms with E-state index in [0.717, 1.165) is 17.1 Å². The molecule has 2 aromatic carbocycles. The van der Waals surface area contributed by atoms with Crippen LogP contribution < -0.4 is 5.32 Å². The molecule has 0 spiro atoms. The van der Waals surface area contributed by atoms with Crippen molar-refractivity contribution in [3.63, 3.8) is 0 Å². The van der Waals surface area contributed by atoms with Crippen LogP contribution in [-0.4, -0.2) is 20.3 Å². The molecular weight excluding hydrogens is 400 g/mol. The zero-order chi connectivity index (χ0) is 20.8. The molecule has 0 radical (unpaired) electrons. The smallest absolute Gasteiger partial charge is 0.246 e. The van der Waals surface area contributed by atoms with Crippen molar-refractivity contribution < 1.29 is 4.79 Å². The van der Waals surface area contributed by atoms with Crippen LogP contribution in [0.25, 0.3) is 0 Å². The summed E-state index contributed by atoms with van der Waals surface area (Å²) in [6, 6.07) is 16.1. The average molecular weight is 425 g/mol. The number of nitrogens with one attached hydrogen (secondary N) is 1. The lowest BCUT2D eigenvalue weighted by atomic mass is 10.2. The molecule has 0 bridgehead atoms. The molecule has 0 aliphatic heterocycles. The first-order valence-corrected chi connectivity index (χ1v) is 10.7. The molecule has 0 aliphatic rings. The summed E-state index contributed by atoms with van der Waals surface area (Å²) in [6.07, 6.45) is 1.79. The van der Waals surface area contributed by atoms with E-state index in [0.29, 0.717) is 17.1 Å². The number of aryl methyl sites for hydroxylation is 2. The fourth-order valence-electron chi connectivity index (χ4n) is 2.83. The van der Waals surface area contributed by atoms with Gasteiger partial charge in [0.1, 0.15) is 12.4 Å². The molecule has 0 saturated heterocycles.